The fourth-order valence-corrected chi connectivity index (χ4v) is 2.22. The summed E-state index contributed by atoms with van der Waals surface area (Å²) in [6.45, 7) is 2.46. The van der Waals surface area contributed by atoms with Crippen LogP contribution in [0.1, 0.15) is 23.0 Å². The van der Waals surface area contributed by atoms with Crippen LogP contribution in [0.5, 0.6) is 0 Å². The van der Waals surface area contributed by atoms with E-state index >= 15 is 0 Å². The van der Waals surface area contributed by atoms with Crippen molar-refractivity contribution >= 4 is 11.9 Å². The van der Waals surface area contributed by atoms with Gasteiger partial charge in [0.15, 0.2) is 5.78 Å². The van der Waals surface area contributed by atoms with Crippen molar-refractivity contribution in [2.45, 2.75) is 13.5 Å². The molecule has 0 fully saturated rings. The van der Waals surface area contributed by atoms with Gasteiger partial charge in [0, 0.05) is 24.0 Å². The maximum Gasteiger partial charge on any atom is 0.162 e. The number of aromatic amines is 1. The third kappa shape index (κ3) is 1.18. The number of carbonyl (C=O) groups excluding carboxylic acids is 1. The second-order valence-electron chi connectivity index (χ2n) is 3.98. The van der Waals surface area contributed by atoms with Crippen LogP contribution in [-0.2, 0) is 6.54 Å². The highest BCUT2D eigenvalue weighted by molar-refractivity contribution is 6.01. The maximum atomic E-state index is 11.6. The Morgan fingerprint density at radius 2 is 2.38 bits per heavy atom. The summed E-state index contributed by atoms with van der Waals surface area (Å²) >= 11 is 0. The number of rotatable bonds is 2. The second-order valence-corrected chi connectivity index (χ2v) is 3.98. The third-order valence-electron chi connectivity index (χ3n) is 2.94. The highest BCUT2D eigenvalue weighted by Crippen LogP contribution is 2.30. The monoisotopic (exact) mass is 212 g/mol. The largest absolute Gasteiger partial charge is 0.360 e. The smallest absolute Gasteiger partial charge is 0.162 e. The molecule has 0 aromatic carbocycles. The Labute approximate surface area is 93.4 Å². The Morgan fingerprint density at radius 3 is 3.06 bits per heavy atom. The highest BCUT2D eigenvalue weighted by Gasteiger charge is 2.20. The molecular weight excluding hydrogens is 200 g/mol. The van der Waals surface area contributed by atoms with Gasteiger partial charge in [0.1, 0.15) is 0 Å². The van der Waals surface area contributed by atoms with Crippen molar-refractivity contribution in [2.24, 2.45) is 0 Å². The summed E-state index contributed by atoms with van der Waals surface area (Å²) in [4.78, 5) is 14.8. The summed E-state index contributed by atoms with van der Waals surface area (Å²) in [5.74, 6) is 0.111. The molecule has 16 heavy (non-hydrogen) atoms. The van der Waals surface area contributed by atoms with E-state index in [1.54, 1.807) is 6.92 Å². The number of H-pyrrole nitrogens is 1. The van der Waals surface area contributed by atoms with Gasteiger partial charge in [0.05, 0.1) is 11.4 Å². The van der Waals surface area contributed by atoms with Crippen LogP contribution in [0.4, 0.5) is 0 Å². The number of ketones is 1. The minimum atomic E-state index is 0.111. The predicted octanol–water partition coefficient (Wildman–Crippen LogP) is 2.71. The first kappa shape index (κ1) is 9.21. The van der Waals surface area contributed by atoms with Crippen LogP contribution in [0, 0.1) is 0 Å². The van der Waals surface area contributed by atoms with E-state index in [9.17, 15) is 4.79 Å². The molecule has 3 heterocycles. The fraction of sp³-hybridized carbons (Fsp3) is 0.154. The van der Waals surface area contributed by atoms with Crippen molar-refractivity contribution in [3.05, 3.63) is 41.7 Å². The number of Topliss-reactive ketones (excluding diaryl/α,β-unsaturated/α-hetero) is 1. The number of hydrogen-bond acceptors (Lipinski definition) is 1. The fourth-order valence-electron chi connectivity index (χ4n) is 2.22. The lowest BCUT2D eigenvalue weighted by atomic mass is 10.1. The zero-order chi connectivity index (χ0) is 11.1. The van der Waals surface area contributed by atoms with Gasteiger partial charge in [0.2, 0.25) is 0 Å². The average molecular weight is 212 g/mol. The molecule has 1 N–H and O–H groups in total. The molecule has 1 aliphatic rings. The number of nitrogens with one attached hydrogen (secondary N) is 1. The Hall–Kier alpha value is -2.03. The standard InChI is InChI=1S/C13H12N2O/c1-9(16)11-8-10-4-3-7-15(10)13(11)12-5-2-6-14-12/h2-6,8,14H,7H2,1H3. The van der Waals surface area contributed by atoms with Gasteiger partial charge in [-0.1, -0.05) is 6.08 Å². The molecule has 1 aliphatic heterocycles. The van der Waals surface area contributed by atoms with E-state index in [-0.39, 0.29) is 5.78 Å². The Kier molecular flexibility index (Phi) is 1.86. The van der Waals surface area contributed by atoms with Gasteiger partial charge in [-0.05, 0) is 31.2 Å². The summed E-state index contributed by atoms with van der Waals surface area (Å²) in [6, 6.07) is 5.90. The third-order valence-corrected chi connectivity index (χ3v) is 2.94. The molecule has 0 aliphatic carbocycles. The number of allylic oxidation sites excluding steroid dienone is 1. The lowest BCUT2D eigenvalue weighted by Crippen LogP contribution is -2.00. The van der Waals surface area contributed by atoms with Crippen LogP contribution in [0.15, 0.2) is 30.5 Å². The molecule has 3 nitrogen and oxygen atoms in total. The maximum absolute atomic E-state index is 11.6. The van der Waals surface area contributed by atoms with Crippen LogP contribution in [0.2, 0.25) is 0 Å². The quantitative estimate of drug-likeness (QED) is 0.763. The van der Waals surface area contributed by atoms with E-state index in [1.165, 1.54) is 0 Å². The lowest BCUT2D eigenvalue weighted by molar-refractivity contribution is 0.101. The Balaban J connectivity index is 2.27. The van der Waals surface area contributed by atoms with Crippen LogP contribution in [0.3, 0.4) is 0 Å². The van der Waals surface area contributed by atoms with E-state index in [1.807, 2.05) is 24.4 Å². The van der Waals surface area contributed by atoms with Gasteiger partial charge in [-0.15, -0.1) is 0 Å². The molecule has 3 heteroatoms. The predicted molar refractivity (Wildman–Crippen MR) is 63.3 cm³/mol. The van der Waals surface area contributed by atoms with Crippen LogP contribution in [-0.4, -0.2) is 15.3 Å². The summed E-state index contributed by atoms with van der Waals surface area (Å²) in [5, 5.41) is 0. The minimum Gasteiger partial charge on any atom is -0.360 e. The van der Waals surface area contributed by atoms with Crippen molar-refractivity contribution in [1.82, 2.24) is 9.55 Å². The molecule has 0 bridgehead atoms. The van der Waals surface area contributed by atoms with Crippen molar-refractivity contribution in [1.29, 1.82) is 0 Å². The molecule has 0 amide bonds. The molecule has 0 unspecified atom stereocenters. The molecule has 80 valence electrons. The molecule has 0 radical (unpaired) electrons. The summed E-state index contributed by atoms with van der Waals surface area (Å²) in [7, 11) is 0. The molecule has 3 rings (SSSR count). The van der Waals surface area contributed by atoms with Crippen molar-refractivity contribution in [2.75, 3.05) is 0 Å². The van der Waals surface area contributed by atoms with Crippen molar-refractivity contribution < 1.29 is 4.79 Å². The van der Waals surface area contributed by atoms with Crippen LogP contribution >= 0.6 is 0 Å². The zero-order valence-corrected chi connectivity index (χ0v) is 9.03. The number of nitrogens with zero attached hydrogens (tertiary/aromatic N) is 1. The topological polar surface area (TPSA) is 37.8 Å². The SMILES string of the molecule is CC(=O)c1cc2n(c1-c1ccc[nH]1)CC=C2. The van der Waals surface area contributed by atoms with E-state index in [0.29, 0.717) is 0 Å². The summed E-state index contributed by atoms with van der Waals surface area (Å²) in [6.07, 6.45) is 6.03. The van der Waals surface area contributed by atoms with E-state index in [0.717, 1.165) is 29.2 Å². The number of aromatic nitrogens is 2. The van der Waals surface area contributed by atoms with Gasteiger partial charge in [-0.3, -0.25) is 4.79 Å². The van der Waals surface area contributed by atoms with Gasteiger partial charge in [-0.25, -0.2) is 0 Å². The Morgan fingerprint density at radius 1 is 1.50 bits per heavy atom. The number of carbonyl (C=O) groups is 1. The lowest BCUT2D eigenvalue weighted by Gasteiger charge is -2.06. The first-order chi connectivity index (χ1) is 7.77. The van der Waals surface area contributed by atoms with Gasteiger partial charge in [0.25, 0.3) is 0 Å². The minimum absolute atomic E-state index is 0.111. The molecule has 2 aromatic rings. The number of hydrogen-bond donors (Lipinski definition) is 1. The van der Waals surface area contributed by atoms with Crippen molar-refractivity contribution in [3.8, 4) is 11.4 Å². The number of fused-ring (bicyclic) bond motifs is 1. The first-order valence-corrected chi connectivity index (χ1v) is 5.32. The van der Waals surface area contributed by atoms with Crippen LogP contribution < -0.4 is 0 Å². The highest BCUT2D eigenvalue weighted by atomic mass is 16.1. The van der Waals surface area contributed by atoms with Crippen LogP contribution in [0.25, 0.3) is 17.5 Å². The first-order valence-electron chi connectivity index (χ1n) is 5.32. The molecule has 0 saturated carbocycles. The summed E-state index contributed by atoms with van der Waals surface area (Å²) < 4.78 is 2.16. The second kappa shape index (κ2) is 3.23. The van der Waals surface area contributed by atoms with E-state index < -0.39 is 0 Å². The van der Waals surface area contributed by atoms with Crippen molar-refractivity contribution in [3.63, 3.8) is 0 Å². The normalized spacial score (nSPS) is 13.1. The average Bonchev–Trinajstić information content (AvgIpc) is 2.92. The molecule has 0 atom stereocenters. The molecule has 2 aromatic heterocycles. The molecule has 0 saturated heterocycles. The molecular formula is C13H12N2O. The zero-order valence-electron chi connectivity index (χ0n) is 9.03. The Bertz CT molecular complexity index is 573. The van der Waals surface area contributed by atoms with E-state index in [4.69, 9.17) is 0 Å². The van der Waals surface area contributed by atoms with Gasteiger partial charge >= 0.3 is 0 Å². The van der Waals surface area contributed by atoms with Gasteiger partial charge < -0.3 is 9.55 Å². The molecule has 0 spiro atoms. The van der Waals surface area contributed by atoms with Gasteiger partial charge in [-0.2, -0.15) is 0 Å². The summed E-state index contributed by atoms with van der Waals surface area (Å²) in [5.41, 5.74) is 3.90. The van der Waals surface area contributed by atoms with E-state index in [2.05, 4.69) is 21.7 Å².